The smallest absolute Gasteiger partial charge is 0.257 e. The van der Waals surface area contributed by atoms with Crippen LogP contribution >= 0.6 is 0 Å². The molecule has 2 aromatic carbocycles. The summed E-state index contributed by atoms with van der Waals surface area (Å²) in [7, 11) is 0. The van der Waals surface area contributed by atoms with Crippen LogP contribution in [0.25, 0.3) is 0 Å². The van der Waals surface area contributed by atoms with Crippen molar-refractivity contribution in [3.05, 3.63) is 59.2 Å². The fourth-order valence-electron chi connectivity index (χ4n) is 4.86. The van der Waals surface area contributed by atoms with Crippen molar-refractivity contribution in [3.8, 4) is 0 Å². The van der Waals surface area contributed by atoms with Crippen molar-refractivity contribution < 1.29 is 19.2 Å². The first-order chi connectivity index (χ1) is 16.3. The van der Waals surface area contributed by atoms with Gasteiger partial charge in [0, 0.05) is 36.7 Å². The fourth-order valence-corrected chi connectivity index (χ4v) is 4.86. The molecule has 2 aliphatic heterocycles. The maximum absolute atomic E-state index is 13.3. The van der Waals surface area contributed by atoms with Gasteiger partial charge in [0.15, 0.2) is 0 Å². The molecule has 1 atom stereocenters. The van der Waals surface area contributed by atoms with Crippen LogP contribution in [0, 0.1) is 6.92 Å². The SMILES string of the molecule is Cc1ccc(C(=O)NC2CC2)cc1NC(=O)CCN1C(=O)c2ccccc2N2C(=O)CCC12C. The van der Waals surface area contributed by atoms with E-state index >= 15 is 0 Å². The van der Waals surface area contributed by atoms with E-state index in [1.807, 2.05) is 26.0 Å². The van der Waals surface area contributed by atoms with Gasteiger partial charge in [0.2, 0.25) is 11.8 Å². The molecule has 1 saturated heterocycles. The highest BCUT2D eigenvalue weighted by molar-refractivity contribution is 6.10. The summed E-state index contributed by atoms with van der Waals surface area (Å²) >= 11 is 0. The standard InChI is InChI=1S/C26H28N4O4/c1-16-7-8-17(24(33)27-18-9-10-18)15-20(16)28-22(31)12-14-29-25(34)19-5-3-4-6-21(19)30-23(32)11-13-26(29,30)2/h3-8,15,18H,9-14H2,1-2H3,(H,27,33)(H,28,31). The van der Waals surface area contributed by atoms with Crippen LogP contribution in [-0.2, 0) is 9.59 Å². The molecular weight excluding hydrogens is 432 g/mol. The molecule has 2 N–H and O–H groups in total. The van der Waals surface area contributed by atoms with E-state index in [1.165, 1.54) is 0 Å². The number of nitrogens with zero attached hydrogens (tertiary/aromatic N) is 2. The second-order valence-corrected chi connectivity index (χ2v) is 9.50. The van der Waals surface area contributed by atoms with Crippen LogP contribution < -0.4 is 15.5 Å². The number of benzene rings is 2. The molecule has 176 valence electrons. The second kappa shape index (κ2) is 8.27. The summed E-state index contributed by atoms with van der Waals surface area (Å²) < 4.78 is 0. The first-order valence-corrected chi connectivity index (χ1v) is 11.7. The quantitative estimate of drug-likeness (QED) is 0.692. The first-order valence-electron chi connectivity index (χ1n) is 11.7. The highest BCUT2D eigenvalue weighted by Crippen LogP contribution is 2.44. The lowest BCUT2D eigenvalue weighted by atomic mass is 9.98. The van der Waals surface area contributed by atoms with Crippen molar-refractivity contribution in [3.63, 3.8) is 0 Å². The molecule has 0 bridgehead atoms. The number of carbonyl (C=O) groups is 4. The molecular formula is C26H28N4O4. The van der Waals surface area contributed by atoms with Crippen LogP contribution in [0.5, 0.6) is 0 Å². The predicted molar refractivity (Wildman–Crippen MR) is 128 cm³/mol. The summed E-state index contributed by atoms with van der Waals surface area (Å²) in [5.74, 6) is -0.593. The Bertz CT molecular complexity index is 1210. The molecule has 5 rings (SSSR count). The maximum Gasteiger partial charge on any atom is 0.257 e. The van der Waals surface area contributed by atoms with E-state index in [4.69, 9.17) is 0 Å². The Morgan fingerprint density at radius 2 is 1.88 bits per heavy atom. The Labute approximate surface area is 198 Å². The zero-order valence-corrected chi connectivity index (χ0v) is 19.4. The molecule has 0 spiro atoms. The Morgan fingerprint density at radius 1 is 1.12 bits per heavy atom. The summed E-state index contributed by atoms with van der Waals surface area (Å²) in [5, 5.41) is 5.84. The number of para-hydroxylation sites is 1. The number of aryl methyl sites for hydroxylation is 1. The van der Waals surface area contributed by atoms with Gasteiger partial charge >= 0.3 is 0 Å². The highest BCUT2D eigenvalue weighted by Gasteiger charge is 2.52. The average Bonchev–Trinajstić information content (AvgIpc) is 3.57. The molecule has 2 aromatic rings. The van der Waals surface area contributed by atoms with Crippen molar-refractivity contribution in [2.75, 3.05) is 16.8 Å². The van der Waals surface area contributed by atoms with Crippen molar-refractivity contribution >= 4 is 35.0 Å². The number of nitrogens with one attached hydrogen (secondary N) is 2. The van der Waals surface area contributed by atoms with Gasteiger partial charge in [0.25, 0.3) is 11.8 Å². The molecule has 1 unspecified atom stereocenters. The average molecular weight is 461 g/mol. The lowest BCUT2D eigenvalue weighted by Gasteiger charge is -2.48. The van der Waals surface area contributed by atoms with Gasteiger partial charge < -0.3 is 15.5 Å². The van der Waals surface area contributed by atoms with Gasteiger partial charge in [-0.15, -0.1) is 0 Å². The summed E-state index contributed by atoms with van der Waals surface area (Å²) in [6.45, 7) is 3.93. The molecule has 4 amide bonds. The maximum atomic E-state index is 13.3. The summed E-state index contributed by atoms with van der Waals surface area (Å²) in [5.41, 5.74) is 2.24. The molecule has 0 radical (unpaired) electrons. The van der Waals surface area contributed by atoms with Crippen molar-refractivity contribution in [1.29, 1.82) is 0 Å². The predicted octanol–water partition coefficient (Wildman–Crippen LogP) is 3.21. The zero-order chi connectivity index (χ0) is 24.0. The molecule has 34 heavy (non-hydrogen) atoms. The molecule has 8 heteroatoms. The molecule has 1 aliphatic carbocycles. The molecule has 2 fully saturated rings. The largest absolute Gasteiger partial charge is 0.349 e. The lowest BCUT2D eigenvalue weighted by molar-refractivity contribution is -0.117. The molecule has 8 nitrogen and oxygen atoms in total. The Hall–Kier alpha value is -3.68. The van der Waals surface area contributed by atoms with Crippen LogP contribution in [0.15, 0.2) is 42.5 Å². The van der Waals surface area contributed by atoms with Crippen LogP contribution in [0.2, 0.25) is 0 Å². The van der Waals surface area contributed by atoms with E-state index in [9.17, 15) is 19.2 Å². The van der Waals surface area contributed by atoms with Crippen LogP contribution in [-0.4, -0.2) is 46.8 Å². The number of carbonyl (C=O) groups excluding carboxylic acids is 4. The Balaban J connectivity index is 1.30. The van der Waals surface area contributed by atoms with Crippen LogP contribution in [0.3, 0.4) is 0 Å². The number of anilines is 2. The van der Waals surface area contributed by atoms with Crippen molar-refractivity contribution in [1.82, 2.24) is 10.2 Å². The van der Waals surface area contributed by atoms with Crippen molar-refractivity contribution in [2.45, 2.75) is 57.7 Å². The third kappa shape index (κ3) is 3.83. The third-order valence-electron chi connectivity index (χ3n) is 6.99. The van der Waals surface area contributed by atoms with Gasteiger partial charge in [-0.2, -0.15) is 0 Å². The number of rotatable bonds is 6. The molecule has 2 heterocycles. The van der Waals surface area contributed by atoms with Crippen LogP contribution in [0.4, 0.5) is 11.4 Å². The number of hydrogen-bond acceptors (Lipinski definition) is 4. The second-order valence-electron chi connectivity index (χ2n) is 9.50. The molecule has 1 saturated carbocycles. The first kappa shape index (κ1) is 22.1. The van der Waals surface area contributed by atoms with E-state index < -0.39 is 5.66 Å². The minimum atomic E-state index is -0.792. The van der Waals surface area contributed by atoms with Gasteiger partial charge in [0.1, 0.15) is 5.66 Å². The molecule has 3 aliphatic rings. The lowest BCUT2D eigenvalue weighted by Crippen LogP contribution is -2.62. The summed E-state index contributed by atoms with van der Waals surface area (Å²) in [6.07, 6.45) is 2.95. The van der Waals surface area contributed by atoms with E-state index in [-0.39, 0.29) is 42.6 Å². The van der Waals surface area contributed by atoms with E-state index in [2.05, 4.69) is 10.6 Å². The Kier molecular flexibility index (Phi) is 5.38. The van der Waals surface area contributed by atoms with Gasteiger partial charge in [-0.1, -0.05) is 18.2 Å². The summed E-state index contributed by atoms with van der Waals surface area (Å²) in [6, 6.07) is 12.6. The molecule has 0 aromatic heterocycles. The van der Waals surface area contributed by atoms with Crippen LogP contribution in [0.1, 0.15) is 65.3 Å². The number of amides is 4. The van der Waals surface area contributed by atoms with E-state index in [0.29, 0.717) is 35.3 Å². The highest BCUT2D eigenvalue weighted by atomic mass is 16.2. The zero-order valence-electron chi connectivity index (χ0n) is 19.4. The topological polar surface area (TPSA) is 98.8 Å². The minimum Gasteiger partial charge on any atom is -0.349 e. The fraction of sp³-hybridized carbons (Fsp3) is 0.385. The number of fused-ring (bicyclic) bond motifs is 3. The van der Waals surface area contributed by atoms with Crippen molar-refractivity contribution in [2.24, 2.45) is 0 Å². The van der Waals surface area contributed by atoms with Gasteiger partial charge in [0.05, 0.1) is 11.3 Å². The van der Waals surface area contributed by atoms with E-state index in [0.717, 1.165) is 18.4 Å². The number of hydrogen-bond donors (Lipinski definition) is 2. The third-order valence-corrected chi connectivity index (χ3v) is 6.99. The van der Waals surface area contributed by atoms with Gasteiger partial charge in [-0.05, 0) is 62.9 Å². The Morgan fingerprint density at radius 3 is 2.65 bits per heavy atom. The van der Waals surface area contributed by atoms with Gasteiger partial charge in [-0.3, -0.25) is 24.1 Å². The van der Waals surface area contributed by atoms with E-state index in [1.54, 1.807) is 40.1 Å². The normalized spacial score (nSPS) is 21.2. The van der Waals surface area contributed by atoms with Gasteiger partial charge in [-0.25, -0.2) is 0 Å². The summed E-state index contributed by atoms with van der Waals surface area (Å²) in [4.78, 5) is 54.6. The monoisotopic (exact) mass is 460 g/mol. The minimum absolute atomic E-state index is 0.0196.